The smallest absolute Gasteiger partial charge is 0.319 e. The third kappa shape index (κ3) is 4.22. The Kier molecular flexibility index (Phi) is 4.92. The minimum atomic E-state index is -0.785. The van der Waals surface area contributed by atoms with Gasteiger partial charge in [0.15, 0.2) is 0 Å². The average Bonchev–Trinajstić information content (AvgIpc) is 2.46. The summed E-state index contributed by atoms with van der Waals surface area (Å²) in [5, 5.41) is 15.7. The number of nitrogens with zero attached hydrogens (tertiary/aromatic N) is 1. The molecule has 0 bridgehead atoms. The number of amides is 2. The Labute approximate surface area is 121 Å². The molecule has 2 rings (SSSR count). The Morgan fingerprint density at radius 1 is 1.30 bits per heavy atom. The zero-order chi connectivity index (χ0) is 14.4. The molecule has 0 aliphatic rings. The van der Waals surface area contributed by atoms with Crippen LogP contribution in [0.2, 0.25) is 5.02 Å². The molecule has 1 heterocycles. The minimum Gasteiger partial charge on any atom is -0.387 e. The molecule has 1 aromatic heterocycles. The zero-order valence-electron chi connectivity index (χ0n) is 10.6. The van der Waals surface area contributed by atoms with Crippen molar-refractivity contribution < 1.29 is 9.90 Å². The van der Waals surface area contributed by atoms with Crippen molar-refractivity contribution in [1.82, 2.24) is 10.3 Å². The number of aromatic nitrogens is 1. The van der Waals surface area contributed by atoms with Crippen LogP contribution in [0.15, 0.2) is 48.8 Å². The Balaban J connectivity index is 1.82. The summed E-state index contributed by atoms with van der Waals surface area (Å²) >= 11 is 5.77. The van der Waals surface area contributed by atoms with Crippen molar-refractivity contribution in [2.75, 3.05) is 11.9 Å². The fraction of sp³-hybridized carbons (Fsp3) is 0.143. The first-order valence-corrected chi connectivity index (χ1v) is 6.41. The lowest BCUT2D eigenvalue weighted by Gasteiger charge is -2.13. The van der Waals surface area contributed by atoms with E-state index in [0.717, 1.165) is 0 Å². The number of aliphatic hydroxyl groups is 1. The van der Waals surface area contributed by atoms with Gasteiger partial charge in [-0.1, -0.05) is 23.7 Å². The second-order valence-electron chi connectivity index (χ2n) is 4.14. The van der Waals surface area contributed by atoms with Crippen molar-refractivity contribution in [1.29, 1.82) is 0 Å². The largest absolute Gasteiger partial charge is 0.387 e. The van der Waals surface area contributed by atoms with Gasteiger partial charge >= 0.3 is 6.03 Å². The van der Waals surface area contributed by atoms with Crippen molar-refractivity contribution in [2.24, 2.45) is 0 Å². The van der Waals surface area contributed by atoms with Gasteiger partial charge in [0.1, 0.15) is 0 Å². The molecule has 0 radical (unpaired) electrons. The number of nitrogens with one attached hydrogen (secondary N) is 2. The van der Waals surface area contributed by atoms with E-state index < -0.39 is 12.1 Å². The lowest BCUT2D eigenvalue weighted by Crippen LogP contribution is -2.32. The Bertz CT molecular complexity index is 560. The first kappa shape index (κ1) is 14.3. The van der Waals surface area contributed by atoms with Crippen LogP contribution in [0.1, 0.15) is 11.7 Å². The van der Waals surface area contributed by atoms with E-state index in [4.69, 9.17) is 11.6 Å². The molecular formula is C14H14ClN3O2. The monoisotopic (exact) mass is 291 g/mol. The van der Waals surface area contributed by atoms with Crippen LogP contribution < -0.4 is 10.6 Å². The SMILES string of the molecule is O=C(NCC(O)c1ccc(Cl)cc1)Nc1cccnc1. The molecular weight excluding hydrogens is 278 g/mol. The highest BCUT2D eigenvalue weighted by Gasteiger charge is 2.09. The van der Waals surface area contributed by atoms with Gasteiger partial charge in [0.05, 0.1) is 18.0 Å². The lowest BCUT2D eigenvalue weighted by molar-refractivity contribution is 0.175. The summed E-state index contributed by atoms with van der Waals surface area (Å²) in [4.78, 5) is 15.5. The zero-order valence-corrected chi connectivity index (χ0v) is 11.3. The molecule has 0 fully saturated rings. The van der Waals surface area contributed by atoms with E-state index in [1.807, 2.05) is 0 Å². The summed E-state index contributed by atoms with van der Waals surface area (Å²) in [6, 6.07) is 9.86. The van der Waals surface area contributed by atoms with E-state index in [1.54, 1.807) is 42.6 Å². The van der Waals surface area contributed by atoms with Crippen LogP contribution in [-0.4, -0.2) is 22.7 Å². The van der Waals surface area contributed by atoms with Crippen molar-refractivity contribution in [2.45, 2.75) is 6.10 Å². The highest BCUT2D eigenvalue weighted by molar-refractivity contribution is 6.30. The van der Waals surface area contributed by atoms with Crippen LogP contribution in [-0.2, 0) is 0 Å². The molecule has 2 aromatic rings. The summed E-state index contributed by atoms with van der Waals surface area (Å²) in [6.07, 6.45) is 2.37. The molecule has 0 aliphatic carbocycles. The molecule has 0 saturated heterocycles. The Morgan fingerprint density at radius 2 is 2.05 bits per heavy atom. The maximum atomic E-state index is 11.6. The summed E-state index contributed by atoms with van der Waals surface area (Å²) < 4.78 is 0. The van der Waals surface area contributed by atoms with Crippen LogP contribution in [0.5, 0.6) is 0 Å². The van der Waals surface area contributed by atoms with E-state index in [-0.39, 0.29) is 6.54 Å². The molecule has 5 nitrogen and oxygen atoms in total. The fourth-order valence-electron chi connectivity index (χ4n) is 1.60. The topological polar surface area (TPSA) is 74.2 Å². The highest BCUT2D eigenvalue weighted by atomic mass is 35.5. The molecule has 6 heteroatoms. The third-order valence-corrected chi connectivity index (χ3v) is 2.88. The molecule has 1 atom stereocenters. The normalized spacial score (nSPS) is 11.7. The highest BCUT2D eigenvalue weighted by Crippen LogP contribution is 2.15. The number of urea groups is 1. The number of aliphatic hydroxyl groups excluding tert-OH is 1. The standard InChI is InChI=1S/C14H14ClN3O2/c15-11-5-3-10(4-6-11)13(19)9-17-14(20)18-12-2-1-7-16-8-12/h1-8,13,19H,9H2,(H2,17,18,20). The van der Waals surface area contributed by atoms with Crippen molar-refractivity contribution >= 4 is 23.3 Å². The minimum absolute atomic E-state index is 0.105. The first-order chi connectivity index (χ1) is 9.65. The number of carbonyl (C=O) groups excluding carboxylic acids is 1. The number of rotatable bonds is 4. The summed E-state index contributed by atoms with van der Waals surface area (Å²) in [5.74, 6) is 0. The van der Waals surface area contributed by atoms with Crippen molar-refractivity contribution in [3.8, 4) is 0 Å². The van der Waals surface area contributed by atoms with Gasteiger partial charge in [0.25, 0.3) is 0 Å². The average molecular weight is 292 g/mol. The first-order valence-electron chi connectivity index (χ1n) is 6.03. The number of pyridine rings is 1. The van der Waals surface area contributed by atoms with Gasteiger partial charge in [-0.05, 0) is 29.8 Å². The molecule has 0 aliphatic heterocycles. The quantitative estimate of drug-likeness (QED) is 0.810. The second kappa shape index (κ2) is 6.88. The maximum Gasteiger partial charge on any atom is 0.319 e. The van der Waals surface area contributed by atoms with Gasteiger partial charge in [-0.25, -0.2) is 4.79 Å². The van der Waals surface area contributed by atoms with Gasteiger partial charge in [0, 0.05) is 17.8 Å². The molecule has 1 unspecified atom stereocenters. The molecule has 2 amide bonds. The van der Waals surface area contributed by atoms with Gasteiger partial charge in [-0.15, -0.1) is 0 Å². The fourth-order valence-corrected chi connectivity index (χ4v) is 1.73. The number of benzene rings is 1. The number of halogens is 1. The molecule has 104 valence electrons. The van der Waals surface area contributed by atoms with E-state index in [0.29, 0.717) is 16.3 Å². The van der Waals surface area contributed by atoms with E-state index >= 15 is 0 Å². The van der Waals surface area contributed by atoms with Gasteiger partial charge in [0.2, 0.25) is 0 Å². The van der Waals surface area contributed by atoms with Crippen molar-refractivity contribution in [3.05, 3.63) is 59.4 Å². The van der Waals surface area contributed by atoms with Crippen LogP contribution in [0.3, 0.4) is 0 Å². The van der Waals surface area contributed by atoms with E-state index in [1.165, 1.54) is 6.20 Å². The third-order valence-electron chi connectivity index (χ3n) is 2.63. The second-order valence-corrected chi connectivity index (χ2v) is 4.58. The Hall–Kier alpha value is -2.11. The van der Waals surface area contributed by atoms with Gasteiger partial charge in [-0.3, -0.25) is 4.98 Å². The molecule has 0 saturated carbocycles. The number of anilines is 1. The number of hydrogen-bond acceptors (Lipinski definition) is 3. The molecule has 3 N–H and O–H groups in total. The summed E-state index contributed by atoms with van der Waals surface area (Å²) in [5.41, 5.74) is 1.28. The predicted molar refractivity (Wildman–Crippen MR) is 77.7 cm³/mol. The molecule has 1 aromatic carbocycles. The van der Waals surface area contributed by atoms with Crippen LogP contribution in [0.4, 0.5) is 10.5 Å². The predicted octanol–water partition coefficient (Wildman–Crippen LogP) is 2.59. The Morgan fingerprint density at radius 3 is 2.70 bits per heavy atom. The van der Waals surface area contributed by atoms with E-state index in [9.17, 15) is 9.90 Å². The van der Waals surface area contributed by atoms with Gasteiger partial charge in [-0.2, -0.15) is 0 Å². The van der Waals surface area contributed by atoms with Crippen LogP contribution in [0.25, 0.3) is 0 Å². The summed E-state index contributed by atoms with van der Waals surface area (Å²) in [7, 11) is 0. The molecule has 20 heavy (non-hydrogen) atoms. The van der Waals surface area contributed by atoms with E-state index in [2.05, 4.69) is 15.6 Å². The molecule has 0 spiro atoms. The number of carbonyl (C=O) groups is 1. The van der Waals surface area contributed by atoms with Crippen molar-refractivity contribution in [3.63, 3.8) is 0 Å². The van der Waals surface area contributed by atoms with Gasteiger partial charge < -0.3 is 15.7 Å². The summed E-state index contributed by atoms with van der Waals surface area (Å²) in [6.45, 7) is 0.105. The lowest BCUT2D eigenvalue weighted by atomic mass is 10.1. The maximum absolute atomic E-state index is 11.6. The van der Waals surface area contributed by atoms with Crippen LogP contribution in [0, 0.1) is 0 Å². The van der Waals surface area contributed by atoms with Crippen LogP contribution >= 0.6 is 11.6 Å². The number of hydrogen-bond donors (Lipinski definition) is 3.